The summed E-state index contributed by atoms with van der Waals surface area (Å²) < 4.78 is 28.2. The maximum Gasteiger partial charge on any atom is 0.335 e. The Kier molecular flexibility index (Phi) is 2.55. The third kappa shape index (κ3) is 1.97. The number of carboxylic acid groups (broad SMARTS) is 1. The Morgan fingerprint density at radius 3 is 2.89 bits per heavy atom. The zero-order valence-corrected chi connectivity index (χ0v) is 10.0. The molecule has 0 aliphatic heterocycles. The van der Waals surface area contributed by atoms with Crippen LogP contribution in [0.1, 0.15) is 23.2 Å². The first-order valence-electron chi connectivity index (χ1n) is 6.03. The summed E-state index contributed by atoms with van der Waals surface area (Å²) in [5.41, 5.74) is 1.34. The topological polar surface area (TPSA) is 55.1 Å². The molecule has 6 heteroatoms. The Hall–Kier alpha value is -1.98. The van der Waals surface area contributed by atoms with E-state index in [2.05, 4.69) is 4.98 Å². The molecule has 0 bridgehead atoms. The van der Waals surface area contributed by atoms with Gasteiger partial charge in [0.25, 0.3) is 5.92 Å². The third-order valence-corrected chi connectivity index (χ3v) is 3.71. The number of alkyl halides is 2. The van der Waals surface area contributed by atoms with E-state index in [4.69, 9.17) is 5.11 Å². The number of benzene rings is 1. The second-order valence-corrected chi connectivity index (χ2v) is 4.90. The van der Waals surface area contributed by atoms with E-state index in [0.29, 0.717) is 17.5 Å². The Labute approximate surface area is 107 Å². The molecule has 19 heavy (non-hydrogen) atoms. The zero-order chi connectivity index (χ0) is 13.6. The Morgan fingerprint density at radius 1 is 1.53 bits per heavy atom. The largest absolute Gasteiger partial charge is 0.478 e. The van der Waals surface area contributed by atoms with Gasteiger partial charge < -0.3 is 9.67 Å². The molecule has 1 atom stereocenters. The quantitative estimate of drug-likeness (QED) is 0.929. The van der Waals surface area contributed by atoms with Crippen LogP contribution in [0, 0.1) is 5.92 Å². The molecule has 0 amide bonds. The maximum absolute atomic E-state index is 13.3. The van der Waals surface area contributed by atoms with Crippen LogP contribution in [0.2, 0.25) is 0 Å². The number of aromatic carboxylic acids is 1. The molecule has 1 saturated carbocycles. The van der Waals surface area contributed by atoms with E-state index in [-0.39, 0.29) is 18.5 Å². The van der Waals surface area contributed by atoms with Crippen molar-refractivity contribution in [3.8, 4) is 0 Å². The number of hydrogen-bond donors (Lipinski definition) is 1. The molecule has 1 aliphatic carbocycles. The molecule has 1 aromatic carbocycles. The minimum Gasteiger partial charge on any atom is -0.478 e. The van der Waals surface area contributed by atoms with E-state index in [1.807, 2.05) is 0 Å². The Balaban J connectivity index is 1.95. The van der Waals surface area contributed by atoms with E-state index >= 15 is 0 Å². The molecule has 0 radical (unpaired) electrons. The predicted molar refractivity (Wildman–Crippen MR) is 64.4 cm³/mol. The van der Waals surface area contributed by atoms with Crippen LogP contribution in [0.3, 0.4) is 0 Å². The molecular weight excluding hydrogens is 254 g/mol. The summed E-state index contributed by atoms with van der Waals surface area (Å²) in [5, 5.41) is 8.95. The van der Waals surface area contributed by atoms with Crippen molar-refractivity contribution in [2.75, 3.05) is 0 Å². The van der Waals surface area contributed by atoms with Gasteiger partial charge in [0.15, 0.2) is 0 Å². The van der Waals surface area contributed by atoms with Crippen LogP contribution in [0.25, 0.3) is 11.0 Å². The number of fused-ring (bicyclic) bond motifs is 1. The van der Waals surface area contributed by atoms with Gasteiger partial charge in [0, 0.05) is 18.9 Å². The number of aromatic nitrogens is 2. The average Bonchev–Trinajstić information content (AvgIpc) is 2.77. The highest BCUT2D eigenvalue weighted by molar-refractivity contribution is 5.92. The number of nitrogens with zero attached hydrogens (tertiary/aromatic N) is 2. The van der Waals surface area contributed by atoms with E-state index in [1.165, 1.54) is 18.5 Å². The lowest BCUT2D eigenvalue weighted by atomic mass is 9.81. The summed E-state index contributed by atoms with van der Waals surface area (Å²) in [6.07, 6.45) is 1.92. The van der Waals surface area contributed by atoms with Gasteiger partial charge in [0.2, 0.25) is 0 Å². The first kappa shape index (κ1) is 12.1. The number of imidazole rings is 1. The van der Waals surface area contributed by atoms with Crippen molar-refractivity contribution >= 4 is 17.0 Å². The van der Waals surface area contributed by atoms with Gasteiger partial charge in [-0.05, 0) is 24.6 Å². The molecule has 1 aromatic heterocycles. The molecule has 1 unspecified atom stereocenters. The van der Waals surface area contributed by atoms with Crippen LogP contribution < -0.4 is 0 Å². The summed E-state index contributed by atoms with van der Waals surface area (Å²) in [5.74, 6) is -4.33. The lowest BCUT2D eigenvalue weighted by Crippen LogP contribution is -2.41. The van der Waals surface area contributed by atoms with Gasteiger partial charge in [-0.15, -0.1) is 0 Å². The molecule has 0 saturated heterocycles. The molecule has 1 N–H and O–H groups in total. The summed E-state index contributed by atoms with van der Waals surface area (Å²) in [6.45, 7) is 0.173. The summed E-state index contributed by atoms with van der Waals surface area (Å²) in [6, 6.07) is 4.52. The fourth-order valence-corrected chi connectivity index (χ4v) is 2.36. The molecule has 3 rings (SSSR count). The lowest BCUT2D eigenvalue weighted by molar-refractivity contribution is -0.137. The second-order valence-electron chi connectivity index (χ2n) is 4.90. The molecule has 100 valence electrons. The van der Waals surface area contributed by atoms with Crippen LogP contribution >= 0.6 is 0 Å². The summed E-state index contributed by atoms with van der Waals surface area (Å²) in [7, 11) is 0. The zero-order valence-electron chi connectivity index (χ0n) is 10.0. The fraction of sp³-hybridized carbons (Fsp3) is 0.385. The van der Waals surface area contributed by atoms with Crippen molar-refractivity contribution in [3.63, 3.8) is 0 Å². The van der Waals surface area contributed by atoms with E-state index in [0.717, 1.165) is 0 Å². The minimum atomic E-state index is -2.61. The summed E-state index contributed by atoms with van der Waals surface area (Å²) >= 11 is 0. The molecule has 1 aliphatic rings. The monoisotopic (exact) mass is 266 g/mol. The van der Waals surface area contributed by atoms with Gasteiger partial charge in [-0.1, -0.05) is 0 Å². The van der Waals surface area contributed by atoms with Crippen molar-refractivity contribution in [1.29, 1.82) is 0 Å². The van der Waals surface area contributed by atoms with E-state index in [1.54, 1.807) is 10.6 Å². The fourth-order valence-electron chi connectivity index (χ4n) is 2.36. The van der Waals surface area contributed by atoms with Crippen molar-refractivity contribution in [2.45, 2.75) is 25.3 Å². The van der Waals surface area contributed by atoms with Crippen LogP contribution in [0.4, 0.5) is 8.78 Å². The minimum absolute atomic E-state index is 0.0648. The van der Waals surface area contributed by atoms with Crippen LogP contribution in [-0.4, -0.2) is 26.5 Å². The highest BCUT2D eigenvalue weighted by Gasteiger charge is 2.48. The van der Waals surface area contributed by atoms with Crippen LogP contribution in [0.5, 0.6) is 0 Å². The molecule has 2 aromatic rings. The van der Waals surface area contributed by atoms with Gasteiger partial charge in [0.1, 0.15) is 0 Å². The van der Waals surface area contributed by atoms with Gasteiger partial charge in [-0.25, -0.2) is 18.6 Å². The molecule has 1 fully saturated rings. The first-order chi connectivity index (χ1) is 8.97. The van der Waals surface area contributed by atoms with Gasteiger partial charge in [-0.2, -0.15) is 0 Å². The number of halogens is 2. The molecule has 0 spiro atoms. The number of rotatable bonds is 3. The Morgan fingerprint density at radius 2 is 2.32 bits per heavy atom. The second kappa shape index (κ2) is 4.01. The maximum atomic E-state index is 13.3. The molecular formula is C13H12F2N2O2. The van der Waals surface area contributed by atoms with Gasteiger partial charge >= 0.3 is 5.97 Å². The average molecular weight is 266 g/mol. The number of carboxylic acids is 1. The van der Waals surface area contributed by atoms with Gasteiger partial charge in [0.05, 0.1) is 22.9 Å². The standard InChI is InChI=1S/C13H12F2N2O2/c14-13(15)4-3-9(13)6-17-7-16-10-2-1-8(12(18)19)5-11(10)17/h1-2,5,7,9H,3-4,6H2,(H,18,19). The van der Waals surface area contributed by atoms with Crippen LogP contribution in [-0.2, 0) is 6.54 Å². The third-order valence-electron chi connectivity index (χ3n) is 3.71. The normalized spacial score (nSPS) is 21.3. The van der Waals surface area contributed by atoms with Crippen molar-refractivity contribution in [1.82, 2.24) is 9.55 Å². The highest BCUT2D eigenvalue weighted by atomic mass is 19.3. The van der Waals surface area contributed by atoms with Gasteiger partial charge in [-0.3, -0.25) is 0 Å². The van der Waals surface area contributed by atoms with Crippen molar-refractivity contribution in [2.24, 2.45) is 5.92 Å². The van der Waals surface area contributed by atoms with Crippen LogP contribution in [0.15, 0.2) is 24.5 Å². The highest BCUT2D eigenvalue weighted by Crippen LogP contribution is 2.44. The summed E-state index contributed by atoms with van der Waals surface area (Å²) in [4.78, 5) is 15.0. The molecule has 4 nitrogen and oxygen atoms in total. The first-order valence-corrected chi connectivity index (χ1v) is 6.03. The van der Waals surface area contributed by atoms with Crippen molar-refractivity contribution < 1.29 is 18.7 Å². The number of hydrogen-bond acceptors (Lipinski definition) is 2. The molecule has 1 heterocycles. The Bertz CT molecular complexity index is 651. The number of carbonyl (C=O) groups is 1. The SMILES string of the molecule is O=C(O)c1ccc2ncn(CC3CCC3(F)F)c2c1. The lowest BCUT2D eigenvalue weighted by Gasteiger charge is -2.36. The smallest absolute Gasteiger partial charge is 0.335 e. The predicted octanol–water partition coefficient (Wildman–Crippen LogP) is 2.78. The van der Waals surface area contributed by atoms with Crippen molar-refractivity contribution in [3.05, 3.63) is 30.1 Å². The van der Waals surface area contributed by atoms with E-state index in [9.17, 15) is 13.6 Å². The van der Waals surface area contributed by atoms with E-state index < -0.39 is 17.8 Å².